The fourth-order valence-corrected chi connectivity index (χ4v) is 2.71. The van der Waals surface area contributed by atoms with Crippen LogP contribution in [0.1, 0.15) is 26.3 Å². The summed E-state index contributed by atoms with van der Waals surface area (Å²) in [5.74, 6) is -0.292. The first-order chi connectivity index (χ1) is 13.8. The van der Waals surface area contributed by atoms with Gasteiger partial charge in [0.1, 0.15) is 17.6 Å². The highest BCUT2D eigenvalue weighted by molar-refractivity contribution is 6.30. The van der Waals surface area contributed by atoms with Crippen LogP contribution in [0.4, 0.5) is 4.39 Å². The summed E-state index contributed by atoms with van der Waals surface area (Å²) in [6, 6.07) is 11.8. The maximum Gasteiger partial charge on any atom is 0.261 e. The number of halogens is 2. The Labute approximate surface area is 175 Å². The average molecular weight is 421 g/mol. The number of nitrogens with zero attached hydrogens (tertiary/aromatic N) is 1. The summed E-state index contributed by atoms with van der Waals surface area (Å²) in [6.07, 6.45) is 0. The number of hydrogen-bond donors (Lipinski definition) is 1. The zero-order valence-electron chi connectivity index (χ0n) is 16.8. The molecule has 0 spiro atoms. The standard InChI is InChI=1S/C22H26ClFN2O3/c1-15(2)12-25-22(28)16(3)26(13-17-4-6-18(23)7-5-17)21(27)14-29-20-10-8-19(24)9-11-20/h4-11,15-16H,12-14H2,1-3H3,(H,25,28)/t16-/m0/s1. The Bertz CT molecular complexity index is 810. The molecule has 0 saturated carbocycles. The van der Waals surface area contributed by atoms with Gasteiger partial charge in [0.05, 0.1) is 0 Å². The van der Waals surface area contributed by atoms with E-state index in [1.54, 1.807) is 19.1 Å². The second kappa shape index (κ2) is 10.8. The number of rotatable bonds is 9. The molecule has 2 aromatic rings. The first-order valence-corrected chi connectivity index (χ1v) is 9.84. The molecule has 2 aromatic carbocycles. The molecule has 2 rings (SSSR count). The van der Waals surface area contributed by atoms with Gasteiger partial charge in [0.25, 0.3) is 5.91 Å². The minimum atomic E-state index is -0.686. The minimum Gasteiger partial charge on any atom is -0.484 e. The van der Waals surface area contributed by atoms with Gasteiger partial charge in [0.2, 0.25) is 5.91 Å². The number of carbonyl (C=O) groups is 2. The van der Waals surface area contributed by atoms with Crippen LogP contribution < -0.4 is 10.1 Å². The third-order valence-corrected chi connectivity index (χ3v) is 4.55. The Balaban J connectivity index is 2.10. The lowest BCUT2D eigenvalue weighted by atomic mass is 10.1. The Morgan fingerprint density at radius 1 is 1.07 bits per heavy atom. The molecule has 0 saturated heterocycles. The summed E-state index contributed by atoms with van der Waals surface area (Å²) in [5.41, 5.74) is 0.841. The second-order valence-corrected chi connectivity index (χ2v) is 7.64. The molecule has 0 radical (unpaired) electrons. The zero-order valence-corrected chi connectivity index (χ0v) is 17.6. The lowest BCUT2D eigenvalue weighted by molar-refractivity contribution is -0.142. The van der Waals surface area contributed by atoms with Crippen molar-refractivity contribution in [3.8, 4) is 5.75 Å². The molecular weight excluding hydrogens is 395 g/mol. The molecule has 0 aliphatic rings. The lowest BCUT2D eigenvalue weighted by Crippen LogP contribution is -2.49. The minimum absolute atomic E-state index is 0.234. The molecular formula is C22H26ClFN2O3. The normalized spacial score (nSPS) is 11.8. The number of ether oxygens (including phenoxy) is 1. The SMILES string of the molecule is CC(C)CNC(=O)[C@H](C)N(Cc1ccc(Cl)cc1)C(=O)COc1ccc(F)cc1. The highest BCUT2D eigenvalue weighted by Crippen LogP contribution is 2.15. The quantitative estimate of drug-likeness (QED) is 0.665. The van der Waals surface area contributed by atoms with Crippen LogP contribution in [0.25, 0.3) is 0 Å². The number of amides is 2. The van der Waals surface area contributed by atoms with Gasteiger partial charge in [-0.3, -0.25) is 9.59 Å². The van der Waals surface area contributed by atoms with Crippen LogP contribution in [-0.4, -0.2) is 35.9 Å². The maximum absolute atomic E-state index is 13.0. The highest BCUT2D eigenvalue weighted by atomic mass is 35.5. The van der Waals surface area contributed by atoms with Crippen molar-refractivity contribution in [2.24, 2.45) is 5.92 Å². The molecule has 156 valence electrons. The van der Waals surface area contributed by atoms with E-state index in [4.69, 9.17) is 16.3 Å². The van der Waals surface area contributed by atoms with Gasteiger partial charge in [-0.05, 0) is 54.8 Å². The first-order valence-electron chi connectivity index (χ1n) is 9.46. The van der Waals surface area contributed by atoms with E-state index in [1.807, 2.05) is 26.0 Å². The summed E-state index contributed by atoms with van der Waals surface area (Å²) < 4.78 is 18.5. The summed E-state index contributed by atoms with van der Waals surface area (Å²) in [4.78, 5) is 26.9. The first kappa shape index (κ1) is 22.7. The molecule has 0 heterocycles. The van der Waals surface area contributed by atoms with Gasteiger partial charge in [-0.2, -0.15) is 0 Å². The van der Waals surface area contributed by atoms with Crippen LogP contribution in [0.3, 0.4) is 0 Å². The molecule has 7 heteroatoms. The third-order valence-electron chi connectivity index (χ3n) is 4.29. The monoisotopic (exact) mass is 420 g/mol. The van der Waals surface area contributed by atoms with E-state index in [0.717, 1.165) is 5.56 Å². The van der Waals surface area contributed by atoms with Gasteiger partial charge < -0.3 is 15.0 Å². The van der Waals surface area contributed by atoms with Crippen molar-refractivity contribution in [2.75, 3.05) is 13.2 Å². The summed E-state index contributed by atoms with van der Waals surface area (Å²) >= 11 is 5.93. The van der Waals surface area contributed by atoms with Gasteiger partial charge >= 0.3 is 0 Å². The van der Waals surface area contributed by atoms with Crippen molar-refractivity contribution < 1.29 is 18.7 Å². The molecule has 1 N–H and O–H groups in total. The molecule has 2 amide bonds. The van der Waals surface area contributed by atoms with E-state index in [2.05, 4.69) is 5.32 Å². The highest BCUT2D eigenvalue weighted by Gasteiger charge is 2.26. The van der Waals surface area contributed by atoms with E-state index < -0.39 is 6.04 Å². The van der Waals surface area contributed by atoms with Crippen LogP contribution in [0, 0.1) is 11.7 Å². The maximum atomic E-state index is 13.0. The predicted molar refractivity (Wildman–Crippen MR) is 111 cm³/mol. The number of hydrogen-bond acceptors (Lipinski definition) is 3. The van der Waals surface area contributed by atoms with Crippen molar-refractivity contribution in [2.45, 2.75) is 33.4 Å². The fraction of sp³-hybridized carbons (Fsp3) is 0.364. The molecule has 0 bridgehead atoms. The van der Waals surface area contributed by atoms with Crippen LogP contribution in [0.2, 0.25) is 5.02 Å². The van der Waals surface area contributed by atoms with Crippen molar-refractivity contribution in [1.29, 1.82) is 0 Å². The van der Waals surface area contributed by atoms with Crippen molar-refractivity contribution >= 4 is 23.4 Å². The molecule has 0 aromatic heterocycles. The molecule has 5 nitrogen and oxygen atoms in total. The summed E-state index contributed by atoms with van der Waals surface area (Å²) in [7, 11) is 0. The summed E-state index contributed by atoms with van der Waals surface area (Å²) in [5, 5.41) is 3.45. The molecule has 0 unspecified atom stereocenters. The van der Waals surface area contributed by atoms with Gasteiger partial charge in [-0.1, -0.05) is 37.6 Å². The van der Waals surface area contributed by atoms with Gasteiger partial charge in [-0.25, -0.2) is 4.39 Å². The number of benzene rings is 2. The van der Waals surface area contributed by atoms with Crippen molar-refractivity contribution in [3.63, 3.8) is 0 Å². The topological polar surface area (TPSA) is 58.6 Å². The molecule has 1 atom stereocenters. The fourth-order valence-electron chi connectivity index (χ4n) is 2.58. The van der Waals surface area contributed by atoms with Crippen LogP contribution in [0.15, 0.2) is 48.5 Å². The average Bonchev–Trinajstić information content (AvgIpc) is 2.70. The van der Waals surface area contributed by atoms with Crippen molar-refractivity contribution in [3.05, 3.63) is 64.9 Å². The molecule has 0 aliphatic carbocycles. The Hall–Kier alpha value is -2.60. The molecule has 29 heavy (non-hydrogen) atoms. The van der Waals surface area contributed by atoms with Gasteiger partial charge in [0, 0.05) is 18.1 Å². The largest absolute Gasteiger partial charge is 0.484 e. The smallest absolute Gasteiger partial charge is 0.261 e. The van der Waals surface area contributed by atoms with Crippen LogP contribution >= 0.6 is 11.6 Å². The summed E-state index contributed by atoms with van der Waals surface area (Å²) in [6.45, 7) is 6.18. The van der Waals surface area contributed by atoms with E-state index in [0.29, 0.717) is 23.2 Å². The van der Waals surface area contributed by atoms with Crippen molar-refractivity contribution in [1.82, 2.24) is 10.2 Å². The van der Waals surface area contributed by atoms with Crippen LogP contribution in [-0.2, 0) is 16.1 Å². The van der Waals surface area contributed by atoms with E-state index in [9.17, 15) is 14.0 Å². The predicted octanol–water partition coefficient (Wildman–Crippen LogP) is 4.05. The molecule has 0 fully saturated rings. The van der Waals surface area contributed by atoms with E-state index in [-0.39, 0.29) is 30.8 Å². The van der Waals surface area contributed by atoms with Gasteiger partial charge in [0.15, 0.2) is 6.61 Å². The number of carbonyl (C=O) groups excluding carboxylic acids is 2. The van der Waals surface area contributed by atoms with Crippen LogP contribution in [0.5, 0.6) is 5.75 Å². The number of nitrogens with one attached hydrogen (secondary N) is 1. The lowest BCUT2D eigenvalue weighted by Gasteiger charge is -2.29. The Morgan fingerprint density at radius 2 is 1.69 bits per heavy atom. The molecule has 0 aliphatic heterocycles. The van der Waals surface area contributed by atoms with Gasteiger partial charge in [-0.15, -0.1) is 0 Å². The third kappa shape index (κ3) is 7.38. The second-order valence-electron chi connectivity index (χ2n) is 7.21. The zero-order chi connectivity index (χ0) is 21.4. The van der Waals surface area contributed by atoms with E-state index >= 15 is 0 Å². The van der Waals surface area contributed by atoms with E-state index in [1.165, 1.54) is 29.2 Å². The Kier molecular flexibility index (Phi) is 8.46. The Morgan fingerprint density at radius 3 is 2.28 bits per heavy atom.